The lowest BCUT2D eigenvalue weighted by Gasteiger charge is -2.23. The average Bonchev–Trinajstić information content (AvgIpc) is 2.33. The van der Waals surface area contributed by atoms with E-state index in [9.17, 15) is 4.79 Å². The molecule has 0 aliphatic carbocycles. The molecule has 106 valence electrons. The van der Waals surface area contributed by atoms with E-state index in [2.05, 4.69) is 10.6 Å². The van der Waals surface area contributed by atoms with Crippen LogP contribution in [0.2, 0.25) is 0 Å². The van der Waals surface area contributed by atoms with Crippen LogP contribution in [0.25, 0.3) is 0 Å². The fraction of sp³-hybridized carbons (Fsp3) is 0.500. The van der Waals surface area contributed by atoms with Gasteiger partial charge in [-0.05, 0) is 26.8 Å². The van der Waals surface area contributed by atoms with Gasteiger partial charge in [-0.25, -0.2) is 4.79 Å². The number of aliphatic hydroxyl groups excluding tert-OH is 1. The molecule has 1 aromatic rings. The van der Waals surface area contributed by atoms with Crippen molar-refractivity contribution in [2.45, 2.75) is 32.9 Å². The molecule has 5 nitrogen and oxygen atoms in total. The van der Waals surface area contributed by atoms with Gasteiger partial charge in [-0.2, -0.15) is 0 Å². The summed E-state index contributed by atoms with van der Waals surface area (Å²) in [4.78, 5) is 11.4. The van der Waals surface area contributed by atoms with Gasteiger partial charge in [0.2, 0.25) is 0 Å². The van der Waals surface area contributed by atoms with E-state index in [4.69, 9.17) is 9.84 Å². The van der Waals surface area contributed by atoms with E-state index < -0.39 is 0 Å². The SMILES string of the molecule is CC(C)(C)Oc1ccccc1CNC(=O)NCCO. The zero-order valence-corrected chi connectivity index (χ0v) is 11.7. The highest BCUT2D eigenvalue weighted by atomic mass is 16.5. The van der Waals surface area contributed by atoms with Crippen LogP contribution in [0.15, 0.2) is 24.3 Å². The monoisotopic (exact) mass is 266 g/mol. The lowest BCUT2D eigenvalue weighted by atomic mass is 10.1. The van der Waals surface area contributed by atoms with E-state index in [0.717, 1.165) is 11.3 Å². The number of hydrogen-bond acceptors (Lipinski definition) is 3. The van der Waals surface area contributed by atoms with Gasteiger partial charge in [0.1, 0.15) is 11.4 Å². The molecule has 5 heteroatoms. The molecule has 0 aliphatic heterocycles. The molecule has 0 spiro atoms. The molecule has 0 bridgehead atoms. The zero-order chi connectivity index (χ0) is 14.3. The number of hydrogen-bond donors (Lipinski definition) is 3. The first-order valence-corrected chi connectivity index (χ1v) is 6.32. The summed E-state index contributed by atoms with van der Waals surface area (Å²) < 4.78 is 5.83. The molecule has 1 rings (SSSR count). The van der Waals surface area contributed by atoms with Crippen LogP contribution in [0, 0.1) is 0 Å². The van der Waals surface area contributed by atoms with E-state index in [1.165, 1.54) is 0 Å². The number of ether oxygens (including phenoxy) is 1. The molecule has 1 aromatic carbocycles. The predicted molar refractivity (Wildman–Crippen MR) is 74.1 cm³/mol. The van der Waals surface area contributed by atoms with Crippen molar-refractivity contribution in [1.82, 2.24) is 10.6 Å². The van der Waals surface area contributed by atoms with Crippen molar-refractivity contribution in [2.24, 2.45) is 0 Å². The molecule has 0 atom stereocenters. The smallest absolute Gasteiger partial charge is 0.315 e. The third kappa shape index (κ3) is 6.10. The summed E-state index contributed by atoms with van der Waals surface area (Å²) in [5.74, 6) is 0.762. The van der Waals surface area contributed by atoms with Crippen LogP contribution in [0.1, 0.15) is 26.3 Å². The number of para-hydroxylation sites is 1. The maximum Gasteiger partial charge on any atom is 0.315 e. The van der Waals surface area contributed by atoms with Crippen molar-refractivity contribution in [3.05, 3.63) is 29.8 Å². The Morgan fingerprint density at radius 2 is 1.95 bits per heavy atom. The minimum atomic E-state index is -0.306. The Labute approximate surface area is 114 Å². The molecule has 0 unspecified atom stereocenters. The van der Waals surface area contributed by atoms with Crippen LogP contribution < -0.4 is 15.4 Å². The number of rotatable bonds is 5. The van der Waals surface area contributed by atoms with Crippen LogP contribution in [0.3, 0.4) is 0 Å². The Morgan fingerprint density at radius 3 is 2.58 bits per heavy atom. The van der Waals surface area contributed by atoms with Crippen LogP contribution >= 0.6 is 0 Å². The maximum atomic E-state index is 11.4. The van der Waals surface area contributed by atoms with Gasteiger partial charge in [-0.3, -0.25) is 0 Å². The van der Waals surface area contributed by atoms with Crippen LogP contribution in [0.5, 0.6) is 5.75 Å². The summed E-state index contributed by atoms with van der Waals surface area (Å²) in [6, 6.07) is 7.29. The standard InChI is InChI=1S/C14H22N2O3/c1-14(2,3)19-12-7-5-4-6-11(12)10-16-13(18)15-8-9-17/h4-7,17H,8-10H2,1-3H3,(H2,15,16,18). The molecule has 0 saturated carbocycles. The Morgan fingerprint density at radius 1 is 1.26 bits per heavy atom. The van der Waals surface area contributed by atoms with Gasteiger partial charge in [0.05, 0.1) is 6.61 Å². The van der Waals surface area contributed by atoms with E-state index in [1.807, 2.05) is 45.0 Å². The van der Waals surface area contributed by atoms with E-state index >= 15 is 0 Å². The number of carbonyl (C=O) groups is 1. The molecule has 0 radical (unpaired) electrons. The van der Waals surface area contributed by atoms with Crippen molar-refractivity contribution in [3.63, 3.8) is 0 Å². The van der Waals surface area contributed by atoms with Crippen molar-refractivity contribution in [3.8, 4) is 5.75 Å². The highest BCUT2D eigenvalue weighted by Crippen LogP contribution is 2.22. The van der Waals surface area contributed by atoms with Gasteiger partial charge in [0.25, 0.3) is 0 Å². The van der Waals surface area contributed by atoms with Gasteiger partial charge in [-0.1, -0.05) is 18.2 Å². The number of carbonyl (C=O) groups excluding carboxylic acids is 1. The number of aliphatic hydroxyl groups is 1. The van der Waals surface area contributed by atoms with E-state index in [0.29, 0.717) is 6.54 Å². The van der Waals surface area contributed by atoms with Crippen LogP contribution in [-0.4, -0.2) is 29.9 Å². The second-order valence-electron chi connectivity index (χ2n) is 5.16. The molecule has 0 fully saturated rings. The average molecular weight is 266 g/mol. The third-order valence-electron chi connectivity index (χ3n) is 2.23. The zero-order valence-electron chi connectivity index (χ0n) is 11.7. The van der Waals surface area contributed by atoms with Crippen molar-refractivity contribution in [1.29, 1.82) is 0 Å². The van der Waals surface area contributed by atoms with Gasteiger partial charge in [0, 0.05) is 18.7 Å². The van der Waals surface area contributed by atoms with Crippen molar-refractivity contribution in [2.75, 3.05) is 13.2 Å². The number of urea groups is 1. The normalized spacial score (nSPS) is 10.9. The second kappa shape index (κ2) is 6.99. The Balaban J connectivity index is 2.60. The third-order valence-corrected chi connectivity index (χ3v) is 2.23. The molecular weight excluding hydrogens is 244 g/mol. The first-order valence-electron chi connectivity index (χ1n) is 6.32. The lowest BCUT2D eigenvalue weighted by Crippen LogP contribution is -2.36. The molecule has 2 amide bonds. The van der Waals surface area contributed by atoms with Crippen molar-refractivity contribution >= 4 is 6.03 Å². The van der Waals surface area contributed by atoms with Gasteiger partial charge in [0.15, 0.2) is 0 Å². The summed E-state index contributed by atoms with van der Waals surface area (Å²) in [6.45, 7) is 6.48. The summed E-state index contributed by atoms with van der Waals surface area (Å²) in [7, 11) is 0. The predicted octanol–water partition coefficient (Wildman–Crippen LogP) is 1.66. The summed E-state index contributed by atoms with van der Waals surface area (Å²) in [5.41, 5.74) is 0.631. The van der Waals surface area contributed by atoms with Crippen LogP contribution in [0.4, 0.5) is 4.79 Å². The molecular formula is C14H22N2O3. The maximum absolute atomic E-state index is 11.4. The Bertz CT molecular complexity index is 413. The highest BCUT2D eigenvalue weighted by Gasteiger charge is 2.14. The molecule has 0 aromatic heterocycles. The Kier molecular flexibility index (Phi) is 5.63. The molecule has 19 heavy (non-hydrogen) atoms. The van der Waals surface area contributed by atoms with Gasteiger partial charge >= 0.3 is 6.03 Å². The summed E-state index contributed by atoms with van der Waals surface area (Å²) in [5, 5.41) is 13.9. The minimum absolute atomic E-state index is 0.0723. The number of amides is 2. The fourth-order valence-electron chi connectivity index (χ4n) is 1.49. The molecule has 0 aliphatic rings. The first-order chi connectivity index (χ1) is 8.92. The van der Waals surface area contributed by atoms with E-state index in [1.54, 1.807) is 0 Å². The van der Waals surface area contributed by atoms with E-state index in [-0.39, 0.29) is 24.8 Å². The quantitative estimate of drug-likeness (QED) is 0.759. The number of benzene rings is 1. The first kappa shape index (κ1) is 15.3. The topological polar surface area (TPSA) is 70.6 Å². The largest absolute Gasteiger partial charge is 0.488 e. The Hall–Kier alpha value is -1.75. The minimum Gasteiger partial charge on any atom is -0.488 e. The highest BCUT2D eigenvalue weighted by molar-refractivity contribution is 5.73. The van der Waals surface area contributed by atoms with Gasteiger partial charge < -0.3 is 20.5 Å². The molecule has 0 saturated heterocycles. The van der Waals surface area contributed by atoms with Crippen LogP contribution in [-0.2, 0) is 6.54 Å². The van der Waals surface area contributed by atoms with Gasteiger partial charge in [-0.15, -0.1) is 0 Å². The summed E-state index contributed by atoms with van der Waals surface area (Å²) in [6.07, 6.45) is 0. The second-order valence-corrected chi connectivity index (χ2v) is 5.16. The fourth-order valence-corrected chi connectivity index (χ4v) is 1.49. The number of nitrogens with one attached hydrogen (secondary N) is 2. The lowest BCUT2D eigenvalue weighted by molar-refractivity contribution is 0.129. The molecule has 3 N–H and O–H groups in total. The summed E-state index contributed by atoms with van der Waals surface area (Å²) >= 11 is 0. The molecule has 0 heterocycles. The van der Waals surface area contributed by atoms with Crippen molar-refractivity contribution < 1.29 is 14.6 Å².